The maximum atomic E-state index is 12.7. The maximum absolute atomic E-state index is 12.7. The van der Waals surface area contributed by atoms with Crippen molar-refractivity contribution in [3.05, 3.63) is 65.9 Å². The van der Waals surface area contributed by atoms with E-state index >= 15 is 0 Å². The molecular formula is C23H25N3O2. The molecule has 0 radical (unpaired) electrons. The highest BCUT2D eigenvalue weighted by Crippen LogP contribution is 2.23. The van der Waals surface area contributed by atoms with E-state index < -0.39 is 0 Å². The van der Waals surface area contributed by atoms with Crippen molar-refractivity contribution >= 4 is 28.4 Å². The van der Waals surface area contributed by atoms with E-state index in [2.05, 4.69) is 10.3 Å². The summed E-state index contributed by atoms with van der Waals surface area (Å²) in [6.07, 6.45) is 3.73. The normalized spacial score (nSPS) is 15.0. The third kappa shape index (κ3) is 3.79. The zero-order valence-corrected chi connectivity index (χ0v) is 16.1. The highest BCUT2D eigenvalue weighted by atomic mass is 16.2. The SMILES string of the molecule is Cc1ccccc1NC(=O)C1CCN(C(=O)Cc2c[nH]c3ccccc23)CC1. The molecule has 4 rings (SSSR count). The van der Waals surface area contributed by atoms with Gasteiger partial charge in [0.1, 0.15) is 0 Å². The second-order valence-corrected chi connectivity index (χ2v) is 7.50. The average molecular weight is 375 g/mol. The number of nitrogens with one attached hydrogen (secondary N) is 2. The summed E-state index contributed by atoms with van der Waals surface area (Å²) in [7, 11) is 0. The van der Waals surface area contributed by atoms with Crippen LogP contribution in [0.15, 0.2) is 54.7 Å². The predicted molar refractivity (Wildman–Crippen MR) is 111 cm³/mol. The smallest absolute Gasteiger partial charge is 0.227 e. The summed E-state index contributed by atoms with van der Waals surface area (Å²) in [5.41, 5.74) is 4.00. The number of hydrogen-bond donors (Lipinski definition) is 2. The number of hydrogen-bond acceptors (Lipinski definition) is 2. The second kappa shape index (κ2) is 7.89. The van der Waals surface area contributed by atoms with Gasteiger partial charge in [0.2, 0.25) is 11.8 Å². The fourth-order valence-corrected chi connectivity index (χ4v) is 3.89. The van der Waals surface area contributed by atoms with Gasteiger partial charge in [-0.05, 0) is 43.0 Å². The maximum Gasteiger partial charge on any atom is 0.227 e. The molecule has 144 valence electrons. The number of aromatic nitrogens is 1. The molecule has 28 heavy (non-hydrogen) atoms. The Hall–Kier alpha value is -3.08. The van der Waals surface area contributed by atoms with Crippen molar-refractivity contribution in [2.75, 3.05) is 18.4 Å². The molecule has 2 N–H and O–H groups in total. The number of fused-ring (bicyclic) bond motifs is 1. The van der Waals surface area contributed by atoms with E-state index in [1.165, 1.54) is 0 Å². The first-order valence-corrected chi connectivity index (χ1v) is 9.81. The Bertz CT molecular complexity index is 1000. The van der Waals surface area contributed by atoms with Crippen LogP contribution in [-0.2, 0) is 16.0 Å². The van der Waals surface area contributed by atoms with Gasteiger partial charge in [0.05, 0.1) is 6.42 Å². The third-order valence-electron chi connectivity index (χ3n) is 5.64. The van der Waals surface area contributed by atoms with E-state index in [1.54, 1.807) is 0 Å². The number of nitrogens with zero attached hydrogens (tertiary/aromatic N) is 1. The van der Waals surface area contributed by atoms with Crippen LogP contribution in [-0.4, -0.2) is 34.8 Å². The highest BCUT2D eigenvalue weighted by molar-refractivity contribution is 5.93. The topological polar surface area (TPSA) is 65.2 Å². The largest absolute Gasteiger partial charge is 0.361 e. The molecule has 0 atom stereocenters. The molecule has 1 aliphatic rings. The number of rotatable bonds is 4. The van der Waals surface area contributed by atoms with E-state index in [9.17, 15) is 9.59 Å². The number of benzene rings is 2. The number of likely N-dealkylation sites (tertiary alicyclic amines) is 1. The van der Waals surface area contributed by atoms with Gasteiger partial charge in [0.25, 0.3) is 0 Å². The van der Waals surface area contributed by atoms with Crippen LogP contribution in [0, 0.1) is 12.8 Å². The first kappa shape index (κ1) is 18.3. The summed E-state index contributed by atoms with van der Waals surface area (Å²) in [6.45, 7) is 3.25. The molecule has 5 nitrogen and oxygen atoms in total. The molecule has 1 aromatic heterocycles. The van der Waals surface area contributed by atoms with E-state index in [0.717, 1.165) is 27.7 Å². The van der Waals surface area contributed by atoms with Gasteiger partial charge >= 0.3 is 0 Å². The minimum Gasteiger partial charge on any atom is -0.361 e. The number of H-pyrrole nitrogens is 1. The molecule has 0 spiro atoms. The number of amides is 2. The summed E-state index contributed by atoms with van der Waals surface area (Å²) in [5, 5.41) is 4.13. The quantitative estimate of drug-likeness (QED) is 0.726. The third-order valence-corrected chi connectivity index (χ3v) is 5.64. The summed E-state index contributed by atoms with van der Waals surface area (Å²) in [6, 6.07) is 15.8. The Morgan fingerprint density at radius 3 is 2.57 bits per heavy atom. The number of aryl methyl sites for hydroxylation is 1. The highest BCUT2D eigenvalue weighted by Gasteiger charge is 2.27. The monoisotopic (exact) mass is 375 g/mol. The number of aromatic amines is 1. The van der Waals surface area contributed by atoms with Gasteiger partial charge in [-0.1, -0.05) is 36.4 Å². The van der Waals surface area contributed by atoms with Crippen LogP contribution in [0.25, 0.3) is 10.9 Å². The number of anilines is 1. The number of carbonyl (C=O) groups excluding carboxylic acids is 2. The Morgan fingerprint density at radius 2 is 1.79 bits per heavy atom. The van der Waals surface area contributed by atoms with Gasteiger partial charge in [0.15, 0.2) is 0 Å². The van der Waals surface area contributed by atoms with Crippen LogP contribution in [0.5, 0.6) is 0 Å². The molecule has 1 fully saturated rings. The zero-order valence-electron chi connectivity index (χ0n) is 16.1. The lowest BCUT2D eigenvalue weighted by Crippen LogP contribution is -2.42. The van der Waals surface area contributed by atoms with Gasteiger partial charge in [-0.15, -0.1) is 0 Å². The van der Waals surface area contributed by atoms with E-state index in [1.807, 2.05) is 66.6 Å². The Balaban J connectivity index is 1.33. The van der Waals surface area contributed by atoms with Crippen LogP contribution in [0.1, 0.15) is 24.0 Å². The standard InChI is InChI=1S/C23H25N3O2/c1-16-6-2-4-8-20(16)25-23(28)17-10-12-26(13-11-17)22(27)14-18-15-24-21-9-5-3-7-19(18)21/h2-9,15,17,24H,10-14H2,1H3,(H,25,28). The van der Waals surface area contributed by atoms with Gasteiger partial charge in [-0.25, -0.2) is 0 Å². The van der Waals surface area contributed by atoms with Crippen molar-refractivity contribution < 1.29 is 9.59 Å². The summed E-state index contributed by atoms with van der Waals surface area (Å²) >= 11 is 0. The van der Waals surface area contributed by atoms with Crippen LogP contribution in [0.2, 0.25) is 0 Å². The van der Waals surface area contributed by atoms with Crippen LogP contribution in [0.4, 0.5) is 5.69 Å². The molecule has 2 aromatic carbocycles. The summed E-state index contributed by atoms with van der Waals surface area (Å²) < 4.78 is 0. The number of piperidine rings is 1. The minimum atomic E-state index is -0.0447. The van der Waals surface area contributed by atoms with Crippen molar-refractivity contribution in [1.82, 2.24) is 9.88 Å². The lowest BCUT2D eigenvalue weighted by molar-refractivity contribution is -0.133. The zero-order chi connectivity index (χ0) is 19.5. The molecule has 1 aliphatic heterocycles. The second-order valence-electron chi connectivity index (χ2n) is 7.50. The first-order chi connectivity index (χ1) is 13.6. The van der Waals surface area contributed by atoms with E-state index in [4.69, 9.17) is 0 Å². The van der Waals surface area contributed by atoms with Crippen molar-refractivity contribution in [2.24, 2.45) is 5.92 Å². The van der Waals surface area contributed by atoms with Crippen LogP contribution in [0.3, 0.4) is 0 Å². The molecule has 0 aliphatic carbocycles. The average Bonchev–Trinajstić information content (AvgIpc) is 3.13. The van der Waals surface area contributed by atoms with Crippen molar-refractivity contribution in [3.63, 3.8) is 0 Å². The predicted octanol–water partition coefficient (Wildman–Crippen LogP) is 3.90. The van der Waals surface area contributed by atoms with Gasteiger partial charge in [-0.2, -0.15) is 0 Å². The van der Waals surface area contributed by atoms with Gasteiger partial charge in [-0.3, -0.25) is 9.59 Å². The van der Waals surface area contributed by atoms with Crippen LogP contribution >= 0.6 is 0 Å². The molecule has 3 aromatic rings. The van der Waals surface area contributed by atoms with Gasteiger partial charge in [0, 0.05) is 41.8 Å². The summed E-state index contributed by atoms with van der Waals surface area (Å²) in [4.78, 5) is 30.4. The molecule has 1 saturated heterocycles. The molecule has 2 amide bonds. The number of para-hydroxylation sites is 2. The first-order valence-electron chi connectivity index (χ1n) is 9.81. The fraction of sp³-hybridized carbons (Fsp3) is 0.304. The van der Waals surface area contributed by atoms with E-state index in [0.29, 0.717) is 32.4 Å². The lowest BCUT2D eigenvalue weighted by atomic mass is 9.95. The molecule has 2 heterocycles. The lowest BCUT2D eigenvalue weighted by Gasteiger charge is -2.31. The number of carbonyl (C=O) groups is 2. The fourth-order valence-electron chi connectivity index (χ4n) is 3.89. The minimum absolute atomic E-state index is 0.0447. The van der Waals surface area contributed by atoms with Crippen molar-refractivity contribution in [2.45, 2.75) is 26.2 Å². The molecule has 0 bridgehead atoms. The van der Waals surface area contributed by atoms with Gasteiger partial charge < -0.3 is 15.2 Å². The summed E-state index contributed by atoms with van der Waals surface area (Å²) in [5.74, 6) is 0.136. The Labute approximate surface area is 164 Å². The Morgan fingerprint density at radius 1 is 1.07 bits per heavy atom. The van der Waals surface area contributed by atoms with Crippen LogP contribution < -0.4 is 5.32 Å². The molecule has 0 unspecified atom stereocenters. The van der Waals surface area contributed by atoms with Crippen molar-refractivity contribution in [1.29, 1.82) is 0 Å². The molecule has 5 heteroatoms. The molecule has 0 saturated carbocycles. The van der Waals surface area contributed by atoms with E-state index in [-0.39, 0.29) is 17.7 Å². The molecular weight excluding hydrogens is 350 g/mol. The van der Waals surface area contributed by atoms with Crippen molar-refractivity contribution in [3.8, 4) is 0 Å². The Kier molecular flexibility index (Phi) is 5.15.